The van der Waals surface area contributed by atoms with E-state index in [4.69, 9.17) is 14.2 Å². The topological polar surface area (TPSA) is 44.8 Å². The SMILES string of the molecule is CCCCCCOCc1ccc(OC(C)=O)c(OC)c1. The lowest BCUT2D eigenvalue weighted by molar-refractivity contribution is -0.132. The Morgan fingerprint density at radius 2 is 1.95 bits per heavy atom. The number of carbonyl (C=O) groups is 1. The summed E-state index contributed by atoms with van der Waals surface area (Å²) in [5.41, 5.74) is 1.01. The van der Waals surface area contributed by atoms with E-state index in [0.29, 0.717) is 18.1 Å². The molecule has 0 heterocycles. The van der Waals surface area contributed by atoms with Crippen LogP contribution >= 0.6 is 0 Å². The Balaban J connectivity index is 2.45. The highest BCUT2D eigenvalue weighted by molar-refractivity contribution is 5.70. The van der Waals surface area contributed by atoms with Gasteiger partial charge in [0.05, 0.1) is 13.7 Å². The molecule has 0 aliphatic carbocycles. The van der Waals surface area contributed by atoms with Crippen LogP contribution < -0.4 is 9.47 Å². The quantitative estimate of drug-likeness (QED) is 0.393. The summed E-state index contributed by atoms with van der Waals surface area (Å²) < 4.78 is 15.9. The van der Waals surface area contributed by atoms with Crippen molar-refractivity contribution in [1.29, 1.82) is 0 Å². The van der Waals surface area contributed by atoms with Crippen molar-refractivity contribution in [2.45, 2.75) is 46.1 Å². The van der Waals surface area contributed by atoms with Crippen molar-refractivity contribution in [3.8, 4) is 11.5 Å². The number of esters is 1. The maximum absolute atomic E-state index is 11.0. The average Bonchev–Trinajstić information content (AvgIpc) is 2.43. The Bertz CT molecular complexity index is 415. The van der Waals surface area contributed by atoms with Crippen LogP contribution in [0.3, 0.4) is 0 Å². The number of carbonyl (C=O) groups excluding carboxylic acids is 1. The van der Waals surface area contributed by atoms with Crippen LogP contribution in [0.15, 0.2) is 18.2 Å². The zero-order valence-electron chi connectivity index (χ0n) is 12.6. The molecule has 0 aromatic heterocycles. The first-order valence-electron chi connectivity index (χ1n) is 7.10. The molecule has 0 radical (unpaired) electrons. The van der Waals surface area contributed by atoms with E-state index in [1.54, 1.807) is 13.2 Å². The Labute approximate surface area is 121 Å². The van der Waals surface area contributed by atoms with Gasteiger partial charge in [0, 0.05) is 13.5 Å². The van der Waals surface area contributed by atoms with E-state index in [1.807, 2.05) is 12.1 Å². The van der Waals surface area contributed by atoms with Gasteiger partial charge < -0.3 is 14.2 Å². The summed E-state index contributed by atoms with van der Waals surface area (Å²) in [5.74, 6) is 0.627. The fourth-order valence-electron chi connectivity index (χ4n) is 1.86. The number of ether oxygens (including phenoxy) is 3. The van der Waals surface area contributed by atoms with Gasteiger partial charge in [-0.25, -0.2) is 0 Å². The lowest BCUT2D eigenvalue weighted by Crippen LogP contribution is -2.03. The zero-order chi connectivity index (χ0) is 14.8. The van der Waals surface area contributed by atoms with Gasteiger partial charge in [-0.1, -0.05) is 32.3 Å². The van der Waals surface area contributed by atoms with Crippen molar-refractivity contribution in [3.05, 3.63) is 23.8 Å². The summed E-state index contributed by atoms with van der Waals surface area (Å²) in [6.45, 7) is 4.88. The molecule has 0 aliphatic heterocycles. The van der Waals surface area contributed by atoms with Crippen molar-refractivity contribution >= 4 is 5.97 Å². The fourth-order valence-corrected chi connectivity index (χ4v) is 1.86. The van der Waals surface area contributed by atoms with Crippen LogP contribution in [0.1, 0.15) is 45.1 Å². The van der Waals surface area contributed by atoms with Crippen LogP contribution in [0.2, 0.25) is 0 Å². The van der Waals surface area contributed by atoms with Gasteiger partial charge in [0.15, 0.2) is 11.5 Å². The van der Waals surface area contributed by atoms with Crippen molar-refractivity contribution in [2.24, 2.45) is 0 Å². The van der Waals surface area contributed by atoms with Crippen LogP contribution in [0.4, 0.5) is 0 Å². The number of methoxy groups -OCH3 is 1. The van der Waals surface area contributed by atoms with Crippen LogP contribution in [0.25, 0.3) is 0 Å². The fraction of sp³-hybridized carbons (Fsp3) is 0.562. The lowest BCUT2D eigenvalue weighted by atomic mass is 10.2. The average molecular weight is 280 g/mol. The van der Waals surface area contributed by atoms with E-state index in [1.165, 1.54) is 26.2 Å². The monoisotopic (exact) mass is 280 g/mol. The molecule has 1 aromatic carbocycles. The van der Waals surface area contributed by atoms with Gasteiger partial charge in [0.25, 0.3) is 0 Å². The summed E-state index contributed by atoms with van der Waals surface area (Å²) >= 11 is 0. The number of hydrogen-bond acceptors (Lipinski definition) is 4. The molecule has 0 aliphatic rings. The van der Waals surface area contributed by atoms with Crippen molar-refractivity contribution in [3.63, 3.8) is 0 Å². The number of benzene rings is 1. The first-order valence-corrected chi connectivity index (χ1v) is 7.10. The van der Waals surface area contributed by atoms with Crippen LogP contribution in [-0.2, 0) is 16.1 Å². The maximum Gasteiger partial charge on any atom is 0.308 e. The second kappa shape index (κ2) is 9.37. The molecule has 0 fully saturated rings. The van der Waals surface area contributed by atoms with Gasteiger partial charge in [0.1, 0.15) is 0 Å². The van der Waals surface area contributed by atoms with Crippen molar-refractivity contribution in [2.75, 3.05) is 13.7 Å². The largest absolute Gasteiger partial charge is 0.493 e. The predicted molar refractivity (Wildman–Crippen MR) is 78.1 cm³/mol. The minimum Gasteiger partial charge on any atom is -0.493 e. The van der Waals surface area contributed by atoms with Gasteiger partial charge in [-0.3, -0.25) is 4.79 Å². The molecule has 20 heavy (non-hydrogen) atoms. The third-order valence-electron chi connectivity index (χ3n) is 2.89. The van der Waals surface area contributed by atoms with Crippen molar-refractivity contribution in [1.82, 2.24) is 0 Å². The summed E-state index contributed by atoms with van der Waals surface area (Å²) in [4.78, 5) is 11.0. The minimum absolute atomic E-state index is 0.358. The molecule has 0 unspecified atom stereocenters. The van der Waals surface area contributed by atoms with E-state index >= 15 is 0 Å². The van der Waals surface area contributed by atoms with Gasteiger partial charge in [-0.2, -0.15) is 0 Å². The maximum atomic E-state index is 11.0. The van der Waals surface area contributed by atoms with Gasteiger partial charge >= 0.3 is 5.97 Å². The van der Waals surface area contributed by atoms with Gasteiger partial charge in [0.2, 0.25) is 0 Å². The summed E-state index contributed by atoms with van der Waals surface area (Å²) in [6, 6.07) is 5.45. The van der Waals surface area contributed by atoms with E-state index < -0.39 is 0 Å². The molecule has 0 saturated carbocycles. The van der Waals surface area contributed by atoms with E-state index in [2.05, 4.69) is 6.92 Å². The molecular formula is C16H24O4. The molecule has 0 N–H and O–H groups in total. The molecule has 0 bridgehead atoms. The molecule has 4 nitrogen and oxygen atoms in total. The van der Waals surface area contributed by atoms with E-state index in [0.717, 1.165) is 18.6 Å². The molecule has 0 atom stereocenters. The highest BCUT2D eigenvalue weighted by Crippen LogP contribution is 2.28. The molecule has 1 aromatic rings. The first kappa shape index (κ1) is 16.5. The second-order valence-electron chi connectivity index (χ2n) is 4.69. The molecule has 0 amide bonds. The second-order valence-corrected chi connectivity index (χ2v) is 4.69. The third kappa shape index (κ3) is 6.06. The Morgan fingerprint density at radius 3 is 2.60 bits per heavy atom. The highest BCUT2D eigenvalue weighted by atomic mass is 16.6. The van der Waals surface area contributed by atoms with Crippen LogP contribution in [-0.4, -0.2) is 19.7 Å². The minimum atomic E-state index is -0.358. The first-order chi connectivity index (χ1) is 9.67. The Kier molecular flexibility index (Phi) is 7.73. The molecule has 4 heteroatoms. The van der Waals surface area contributed by atoms with Gasteiger partial charge in [-0.05, 0) is 24.1 Å². The normalized spacial score (nSPS) is 10.3. The smallest absolute Gasteiger partial charge is 0.308 e. The molecule has 1 rings (SSSR count). The highest BCUT2D eigenvalue weighted by Gasteiger charge is 2.08. The molecular weight excluding hydrogens is 256 g/mol. The molecule has 112 valence electrons. The standard InChI is InChI=1S/C16H24O4/c1-4-5-6-7-10-19-12-14-8-9-15(20-13(2)17)16(11-14)18-3/h8-9,11H,4-7,10,12H2,1-3H3. The predicted octanol–water partition coefficient (Wildman–Crippen LogP) is 3.72. The number of unbranched alkanes of at least 4 members (excludes halogenated alkanes) is 3. The number of hydrogen-bond donors (Lipinski definition) is 0. The Morgan fingerprint density at radius 1 is 1.15 bits per heavy atom. The zero-order valence-corrected chi connectivity index (χ0v) is 12.6. The van der Waals surface area contributed by atoms with E-state index in [9.17, 15) is 4.79 Å². The Hall–Kier alpha value is -1.55. The summed E-state index contributed by atoms with van der Waals surface area (Å²) in [5, 5.41) is 0. The number of rotatable bonds is 9. The molecule has 0 saturated heterocycles. The summed E-state index contributed by atoms with van der Waals surface area (Å²) in [6.07, 6.45) is 4.80. The van der Waals surface area contributed by atoms with Gasteiger partial charge in [-0.15, -0.1) is 0 Å². The summed E-state index contributed by atoms with van der Waals surface area (Å²) in [7, 11) is 1.55. The van der Waals surface area contributed by atoms with Crippen LogP contribution in [0, 0.1) is 0 Å². The van der Waals surface area contributed by atoms with Crippen molar-refractivity contribution < 1.29 is 19.0 Å². The van der Waals surface area contributed by atoms with E-state index in [-0.39, 0.29) is 5.97 Å². The third-order valence-corrected chi connectivity index (χ3v) is 2.89. The lowest BCUT2D eigenvalue weighted by Gasteiger charge is -2.10. The molecule has 0 spiro atoms. The van der Waals surface area contributed by atoms with Crippen LogP contribution in [0.5, 0.6) is 11.5 Å².